The zero-order chi connectivity index (χ0) is 29.6. The lowest BCUT2D eigenvalue weighted by molar-refractivity contribution is 0.0560. The van der Waals surface area contributed by atoms with Gasteiger partial charge in [-0.25, -0.2) is 27.7 Å². The fourth-order valence-corrected chi connectivity index (χ4v) is 8.68. The van der Waals surface area contributed by atoms with Crippen LogP contribution in [0.5, 0.6) is 0 Å². The van der Waals surface area contributed by atoms with Crippen LogP contribution in [0.4, 0.5) is 9.18 Å². The van der Waals surface area contributed by atoms with E-state index in [4.69, 9.17) is 25.9 Å². The second kappa shape index (κ2) is 10.5. The Balaban J connectivity index is 1.59. The van der Waals surface area contributed by atoms with Crippen molar-refractivity contribution in [2.75, 3.05) is 12.8 Å². The van der Waals surface area contributed by atoms with Gasteiger partial charge in [0.15, 0.2) is 17.3 Å². The van der Waals surface area contributed by atoms with Crippen LogP contribution < -0.4 is 5.32 Å². The largest absolute Gasteiger partial charge is 0.444 e. The minimum atomic E-state index is -3.00. The highest BCUT2D eigenvalue weighted by molar-refractivity contribution is 7.95. The quantitative estimate of drug-likeness (QED) is 0.380. The third kappa shape index (κ3) is 5.46. The lowest BCUT2D eigenvalue weighted by Gasteiger charge is -2.43. The number of hydrogen-bond acceptors (Lipinski definition) is 9. The average molecular weight is 603 g/mol. The lowest BCUT2D eigenvalue weighted by atomic mass is 9.91. The summed E-state index contributed by atoms with van der Waals surface area (Å²) in [4.78, 5) is 26.2. The Morgan fingerprint density at radius 2 is 1.88 bits per heavy atom. The van der Waals surface area contributed by atoms with E-state index in [1.165, 1.54) is 25.5 Å². The Labute approximate surface area is 243 Å². The molecule has 10 nitrogen and oxygen atoms in total. The Morgan fingerprint density at radius 3 is 2.51 bits per heavy atom. The van der Waals surface area contributed by atoms with E-state index in [1.54, 1.807) is 45.9 Å². The van der Waals surface area contributed by atoms with Gasteiger partial charge in [-0.15, -0.1) is 0 Å². The molecule has 2 aliphatic rings. The van der Waals surface area contributed by atoms with E-state index in [-0.39, 0.29) is 17.2 Å². The van der Waals surface area contributed by atoms with Crippen molar-refractivity contribution < 1.29 is 22.7 Å². The summed E-state index contributed by atoms with van der Waals surface area (Å²) in [7, 11) is -1.48. The molecule has 0 radical (unpaired) electrons. The summed E-state index contributed by atoms with van der Waals surface area (Å²) in [5.74, 6) is 0.331. The molecule has 0 unspecified atom stereocenters. The molecule has 13 heteroatoms. The van der Waals surface area contributed by atoms with Gasteiger partial charge in [-0.1, -0.05) is 29.6 Å². The molecule has 1 aliphatic heterocycles. The number of hydrogen-bond donors (Lipinski definition) is 1. The van der Waals surface area contributed by atoms with Gasteiger partial charge < -0.3 is 9.26 Å². The SMILES string of the molecule is CN=[S@]1(=O)C[C@@](C)(c2cc(-c3cc(-c4ncc(Cl)cn4)no3)ccc2F)N=C(NC(=O)OC(C)(C)C)C12CCCC2. The van der Waals surface area contributed by atoms with Gasteiger partial charge in [0.2, 0.25) is 0 Å². The molecule has 1 spiro atoms. The molecule has 0 bridgehead atoms. The van der Waals surface area contributed by atoms with Gasteiger partial charge in [-0.3, -0.25) is 10.3 Å². The number of ether oxygens (including phenoxy) is 1. The molecule has 0 saturated heterocycles. The predicted molar refractivity (Wildman–Crippen MR) is 155 cm³/mol. The number of amidine groups is 1. The van der Waals surface area contributed by atoms with Crippen LogP contribution in [0.15, 0.2) is 50.5 Å². The van der Waals surface area contributed by atoms with Crippen molar-refractivity contribution in [2.24, 2.45) is 9.36 Å². The topological polar surface area (TPSA) is 132 Å². The number of alkyl carbamates (subject to hydrolysis) is 1. The van der Waals surface area contributed by atoms with E-state index >= 15 is 4.39 Å². The second-order valence-corrected chi connectivity index (χ2v) is 14.7. The number of aromatic nitrogens is 3. The number of halogens is 2. The maximum absolute atomic E-state index is 15.6. The van der Waals surface area contributed by atoms with Crippen LogP contribution in [0.2, 0.25) is 5.02 Å². The molecule has 5 rings (SSSR count). The van der Waals surface area contributed by atoms with E-state index in [2.05, 4.69) is 24.8 Å². The maximum Gasteiger partial charge on any atom is 0.413 e. The molecule has 1 aliphatic carbocycles. The van der Waals surface area contributed by atoms with Gasteiger partial charge in [0, 0.05) is 36.6 Å². The van der Waals surface area contributed by atoms with Crippen molar-refractivity contribution in [3.63, 3.8) is 0 Å². The van der Waals surface area contributed by atoms with Crippen LogP contribution in [0.25, 0.3) is 22.8 Å². The molecular weight excluding hydrogens is 571 g/mol. The molecule has 1 N–H and O–H groups in total. The number of aliphatic imine (C=N–C) groups is 1. The van der Waals surface area contributed by atoms with Gasteiger partial charge >= 0.3 is 6.09 Å². The fraction of sp³-hybridized carbons (Fsp3) is 0.464. The van der Waals surface area contributed by atoms with Crippen molar-refractivity contribution in [3.8, 4) is 22.8 Å². The molecule has 41 heavy (non-hydrogen) atoms. The minimum absolute atomic E-state index is 0.0172. The number of amides is 1. The van der Waals surface area contributed by atoms with Gasteiger partial charge in [0.1, 0.15) is 27.5 Å². The number of nitrogens with one attached hydrogen (secondary N) is 1. The minimum Gasteiger partial charge on any atom is -0.444 e. The third-order valence-corrected chi connectivity index (χ3v) is 11.0. The first kappa shape index (κ1) is 29.1. The Bertz CT molecular complexity index is 1640. The molecule has 1 fully saturated rings. The van der Waals surface area contributed by atoms with Gasteiger partial charge in [-0.2, -0.15) is 0 Å². The summed E-state index contributed by atoms with van der Waals surface area (Å²) in [5, 5.41) is 7.22. The Hall–Kier alpha value is -3.38. The van der Waals surface area contributed by atoms with Crippen molar-refractivity contribution in [1.82, 2.24) is 20.4 Å². The van der Waals surface area contributed by atoms with E-state index < -0.39 is 37.5 Å². The number of carbonyl (C=O) groups excluding carboxylic acids is 1. The molecule has 1 amide bonds. The second-order valence-electron chi connectivity index (χ2n) is 11.5. The standard InChI is InChI=1S/C28H32ClFN6O4S/c1-26(2,3)39-25(37)34-24-28(10-6-7-11-28)41(38,31-5)16-27(4,35-24)19-12-17(8-9-20(19)30)22-13-21(36-40-22)23-32-14-18(29)15-33-23/h8-9,12-15H,6-7,10-11,16H2,1-5H3,(H,34,35,37)/t27-,41-/m0/s1. The number of rotatable bonds is 3. The van der Waals surface area contributed by atoms with E-state index in [0.717, 1.165) is 12.8 Å². The summed E-state index contributed by atoms with van der Waals surface area (Å²) in [6.45, 7) is 6.96. The lowest BCUT2D eigenvalue weighted by Crippen LogP contribution is -2.59. The first-order valence-electron chi connectivity index (χ1n) is 13.3. The summed E-state index contributed by atoms with van der Waals surface area (Å²) < 4.78 is 44.7. The van der Waals surface area contributed by atoms with Crippen LogP contribution >= 0.6 is 11.6 Å². The van der Waals surface area contributed by atoms with Crippen molar-refractivity contribution >= 4 is 33.3 Å². The van der Waals surface area contributed by atoms with Crippen LogP contribution in [0.3, 0.4) is 0 Å². The number of nitrogens with zero attached hydrogens (tertiary/aromatic N) is 5. The maximum atomic E-state index is 15.6. The highest BCUT2D eigenvalue weighted by Gasteiger charge is 2.55. The van der Waals surface area contributed by atoms with Crippen LogP contribution in [0.1, 0.15) is 58.9 Å². The summed E-state index contributed by atoms with van der Waals surface area (Å²) in [6.07, 6.45) is 4.91. The third-order valence-electron chi connectivity index (χ3n) is 7.39. The van der Waals surface area contributed by atoms with Gasteiger partial charge in [-0.05, 0) is 58.7 Å². The molecular formula is C28H32ClFN6O4S. The van der Waals surface area contributed by atoms with E-state index in [1.807, 2.05) is 0 Å². The Kier molecular flexibility index (Phi) is 7.44. The average Bonchev–Trinajstić information content (AvgIpc) is 3.59. The summed E-state index contributed by atoms with van der Waals surface area (Å²) in [5.41, 5.74) is -0.993. The van der Waals surface area contributed by atoms with Crippen molar-refractivity contribution in [1.29, 1.82) is 0 Å². The summed E-state index contributed by atoms with van der Waals surface area (Å²) >= 11 is 5.88. The summed E-state index contributed by atoms with van der Waals surface area (Å²) in [6, 6.07) is 6.10. The molecule has 2 aromatic heterocycles. The van der Waals surface area contributed by atoms with Gasteiger partial charge in [0.25, 0.3) is 0 Å². The molecule has 2 atom stereocenters. The molecule has 1 aromatic carbocycles. The molecule has 218 valence electrons. The van der Waals surface area contributed by atoms with E-state index in [9.17, 15) is 9.00 Å². The fourth-order valence-electron chi connectivity index (χ4n) is 5.52. The smallest absolute Gasteiger partial charge is 0.413 e. The van der Waals surface area contributed by atoms with Crippen LogP contribution in [0, 0.1) is 5.82 Å². The highest BCUT2D eigenvalue weighted by atomic mass is 35.5. The van der Waals surface area contributed by atoms with E-state index in [0.29, 0.717) is 40.7 Å². The first-order valence-corrected chi connectivity index (χ1v) is 15.3. The van der Waals surface area contributed by atoms with Crippen molar-refractivity contribution in [2.45, 2.75) is 69.3 Å². The predicted octanol–water partition coefficient (Wildman–Crippen LogP) is 6.15. The van der Waals surface area contributed by atoms with Crippen LogP contribution in [-0.2, 0) is 20.0 Å². The highest BCUT2D eigenvalue weighted by Crippen LogP contribution is 2.47. The van der Waals surface area contributed by atoms with Gasteiger partial charge in [0.05, 0.1) is 20.5 Å². The number of carbonyl (C=O) groups is 1. The van der Waals surface area contributed by atoms with Crippen molar-refractivity contribution in [3.05, 3.63) is 53.1 Å². The molecule has 1 saturated carbocycles. The molecule has 3 aromatic rings. The molecule has 3 heterocycles. The monoisotopic (exact) mass is 602 g/mol. The normalized spacial score (nSPS) is 23.7. The zero-order valence-electron chi connectivity index (χ0n) is 23.5. The Morgan fingerprint density at radius 1 is 1.20 bits per heavy atom. The number of benzene rings is 1. The zero-order valence-corrected chi connectivity index (χ0v) is 25.1. The van der Waals surface area contributed by atoms with Crippen LogP contribution in [-0.4, -0.2) is 54.4 Å². The first-order chi connectivity index (χ1) is 19.3.